The van der Waals surface area contributed by atoms with Crippen LogP contribution in [-0.2, 0) is 14.5 Å². The summed E-state index contributed by atoms with van der Waals surface area (Å²) in [6.45, 7) is 0. The van der Waals surface area contributed by atoms with Crippen LogP contribution in [-0.4, -0.2) is 11.8 Å². The number of benzene rings is 3. The molecule has 29 heavy (non-hydrogen) atoms. The first-order chi connectivity index (χ1) is 14.0. The molecule has 1 heterocycles. The van der Waals surface area contributed by atoms with E-state index in [2.05, 4.69) is 34.7 Å². The third kappa shape index (κ3) is 2.04. The molecule has 142 valence electrons. The predicted molar refractivity (Wildman–Crippen MR) is 120 cm³/mol. The molecule has 3 nitrogen and oxygen atoms in total. The summed E-state index contributed by atoms with van der Waals surface area (Å²) in [7, 11) is 0. The molecule has 3 aromatic carbocycles. The number of carbonyl (C=O) groups excluding carboxylic acids is 2. The van der Waals surface area contributed by atoms with Gasteiger partial charge in [-0.2, -0.15) is 0 Å². The lowest BCUT2D eigenvalue weighted by Crippen LogP contribution is -2.50. The van der Waals surface area contributed by atoms with Gasteiger partial charge in [0.05, 0.1) is 17.5 Å². The van der Waals surface area contributed by atoms with Gasteiger partial charge in [0.15, 0.2) is 0 Å². The zero-order valence-corrected chi connectivity index (χ0v) is 18.1. The first-order valence-corrected chi connectivity index (χ1v) is 11.0. The maximum atomic E-state index is 13.7. The summed E-state index contributed by atoms with van der Waals surface area (Å²) in [6, 6.07) is 23.5. The van der Waals surface area contributed by atoms with Crippen LogP contribution in [0.5, 0.6) is 0 Å². The minimum absolute atomic E-state index is 0.150. The van der Waals surface area contributed by atoms with Crippen molar-refractivity contribution in [2.45, 2.75) is 10.8 Å². The van der Waals surface area contributed by atoms with Crippen LogP contribution in [0.15, 0.2) is 72.8 Å². The Morgan fingerprint density at radius 2 is 1.34 bits per heavy atom. The molecule has 7 rings (SSSR count). The molecule has 1 fully saturated rings. The second-order valence-electron chi connectivity index (χ2n) is 7.83. The molecule has 0 aromatic heterocycles. The average molecular weight is 512 g/mol. The molecule has 4 aliphatic rings. The standard InChI is InChI=1S/C24H15ClINO2/c25-24-15-9-3-1-7-13(15)19(14-8-2-4-10-16(14)24)20-21(24)23(29)27(22(20)28)18-12-6-5-11-17(18)26/h1-12,19-21H/t19?,20-,21+,24?/m0/s1. The molecule has 1 saturated heterocycles. The molecular weight excluding hydrogens is 497 g/mol. The number of imide groups is 1. The van der Waals surface area contributed by atoms with Gasteiger partial charge < -0.3 is 0 Å². The summed E-state index contributed by atoms with van der Waals surface area (Å²) >= 11 is 9.59. The number of hydrogen-bond donors (Lipinski definition) is 0. The van der Waals surface area contributed by atoms with Crippen molar-refractivity contribution in [2.24, 2.45) is 11.8 Å². The lowest BCUT2D eigenvalue weighted by Gasteiger charge is -2.50. The average Bonchev–Trinajstić information content (AvgIpc) is 3.01. The van der Waals surface area contributed by atoms with Crippen molar-refractivity contribution in [3.05, 3.63) is 98.6 Å². The number of nitrogens with zero attached hydrogens (tertiary/aromatic N) is 1. The second kappa shape index (κ2) is 5.92. The monoisotopic (exact) mass is 511 g/mol. The molecular formula is C24H15ClINO2. The van der Waals surface area contributed by atoms with E-state index in [1.54, 1.807) is 0 Å². The highest BCUT2D eigenvalue weighted by atomic mass is 127. The van der Waals surface area contributed by atoms with Gasteiger partial charge in [0.2, 0.25) is 11.8 Å². The van der Waals surface area contributed by atoms with Crippen molar-refractivity contribution in [3.8, 4) is 0 Å². The highest BCUT2D eigenvalue weighted by Crippen LogP contribution is 2.65. The highest BCUT2D eigenvalue weighted by molar-refractivity contribution is 14.1. The van der Waals surface area contributed by atoms with Crippen LogP contribution in [0.4, 0.5) is 5.69 Å². The van der Waals surface area contributed by atoms with Crippen LogP contribution >= 0.6 is 34.2 Å². The van der Waals surface area contributed by atoms with Gasteiger partial charge in [-0.15, -0.1) is 11.6 Å². The van der Waals surface area contributed by atoms with Crippen LogP contribution in [0.3, 0.4) is 0 Å². The molecule has 5 heteroatoms. The first-order valence-electron chi connectivity index (χ1n) is 9.55. The van der Waals surface area contributed by atoms with Crippen LogP contribution in [0.25, 0.3) is 0 Å². The Labute approximate surface area is 186 Å². The maximum absolute atomic E-state index is 13.7. The topological polar surface area (TPSA) is 37.4 Å². The van der Waals surface area contributed by atoms with E-state index in [9.17, 15) is 9.59 Å². The van der Waals surface area contributed by atoms with E-state index >= 15 is 0 Å². The van der Waals surface area contributed by atoms with Crippen molar-refractivity contribution < 1.29 is 9.59 Å². The van der Waals surface area contributed by atoms with Crippen molar-refractivity contribution in [3.63, 3.8) is 0 Å². The molecule has 3 aliphatic carbocycles. The Morgan fingerprint density at radius 3 is 1.97 bits per heavy atom. The van der Waals surface area contributed by atoms with Crippen molar-refractivity contribution in [1.29, 1.82) is 0 Å². The Balaban J connectivity index is 1.64. The highest BCUT2D eigenvalue weighted by Gasteiger charge is 2.68. The number of hydrogen-bond acceptors (Lipinski definition) is 2. The van der Waals surface area contributed by atoms with E-state index in [4.69, 9.17) is 11.6 Å². The van der Waals surface area contributed by atoms with Crippen LogP contribution < -0.4 is 4.90 Å². The fourth-order valence-electron chi connectivity index (χ4n) is 5.55. The van der Waals surface area contributed by atoms with Crippen LogP contribution in [0.2, 0.25) is 0 Å². The van der Waals surface area contributed by atoms with E-state index in [0.717, 1.165) is 25.8 Å². The summed E-state index contributed by atoms with van der Waals surface area (Å²) < 4.78 is 0.872. The van der Waals surface area contributed by atoms with Gasteiger partial charge in [-0.05, 0) is 57.0 Å². The molecule has 0 saturated carbocycles. The summed E-state index contributed by atoms with van der Waals surface area (Å²) in [5, 5.41) is 0. The smallest absolute Gasteiger partial charge is 0.240 e. The molecule has 2 atom stereocenters. The third-order valence-electron chi connectivity index (χ3n) is 6.61. The summed E-state index contributed by atoms with van der Waals surface area (Å²) in [4.78, 5) is 27.8. The second-order valence-corrected chi connectivity index (χ2v) is 9.59. The number of para-hydroxylation sites is 1. The number of alkyl halides is 1. The minimum atomic E-state index is -1.03. The van der Waals surface area contributed by atoms with E-state index in [0.29, 0.717) is 5.69 Å². The summed E-state index contributed by atoms with van der Waals surface area (Å²) in [6.07, 6.45) is 0. The summed E-state index contributed by atoms with van der Waals surface area (Å²) in [5.41, 5.74) is 4.68. The van der Waals surface area contributed by atoms with E-state index in [1.165, 1.54) is 4.90 Å². The first kappa shape index (κ1) is 17.7. The van der Waals surface area contributed by atoms with Gasteiger partial charge in [-0.1, -0.05) is 60.7 Å². The van der Waals surface area contributed by atoms with Gasteiger partial charge in [0.1, 0.15) is 4.87 Å². The van der Waals surface area contributed by atoms with Crippen molar-refractivity contribution in [2.75, 3.05) is 4.90 Å². The lowest BCUT2D eigenvalue weighted by molar-refractivity contribution is -0.122. The normalized spacial score (nSPS) is 28.9. The molecule has 0 N–H and O–H groups in total. The SMILES string of the molecule is O=C1[C@H]2C3c4ccccc4C(Cl)(c4ccccc43)[C@H]2C(=O)N1c1ccccc1I. The molecule has 0 spiro atoms. The Kier molecular flexibility index (Phi) is 3.61. The van der Waals surface area contributed by atoms with Gasteiger partial charge in [0.25, 0.3) is 0 Å². The number of amides is 2. The van der Waals surface area contributed by atoms with E-state index in [1.807, 2.05) is 60.7 Å². The predicted octanol–water partition coefficient (Wildman–Crippen LogP) is 5.04. The number of halogens is 2. The largest absolute Gasteiger partial charge is 0.274 e. The van der Waals surface area contributed by atoms with E-state index < -0.39 is 16.7 Å². The van der Waals surface area contributed by atoms with Crippen molar-refractivity contribution >= 4 is 51.7 Å². The van der Waals surface area contributed by atoms with Gasteiger partial charge in [-0.3, -0.25) is 9.59 Å². The van der Waals surface area contributed by atoms with E-state index in [-0.39, 0.29) is 17.7 Å². The molecule has 2 bridgehead atoms. The zero-order chi connectivity index (χ0) is 19.9. The van der Waals surface area contributed by atoms with Gasteiger partial charge in [0, 0.05) is 9.49 Å². The van der Waals surface area contributed by atoms with Crippen LogP contribution in [0.1, 0.15) is 28.2 Å². The molecule has 2 amide bonds. The quantitative estimate of drug-likeness (QED) is 0.261. The Hall–Kier alpha value is -2.18. The lowest BCUT2D eigenvalue weighted by atomic mass is 9.54. The van der Waals surface area contributed by atoms with Gasteiger partial charge in [-0.25, -0.2) is 4.90 Å². The van der Waals surface area contributed by atoms with Crippen LogP contribution in [0, 0.1) is 15.4 Å². The Morgan fingerprint density at radius 1 is 0.793 bits per heavy atom. The fourth-order valence-corrected chi connectivity index (χ4v) is 6.75. The molecule has 3 aromatic rings. The van der Waals surface area contributed by atoms with Gasteiger partial charge >= 0.3 is 0 Å². The molecule has 0 unspecified atom stereocenters. The minimum Gasteiger partial charge on any atom is -0.274 e. The fraction of sp³-hybridized carbons (Fsp3) is 0.167. The number of anilines is 1. The number of carbonyl (C=O) groups is 2. The third-order valence-corrected chi connectivity index (χ3v) is 8.16. The summed E-state index contributed by atoms with van der Waals surface area (Å²) in [5.74, 6) is -1.60. The van der Waals surface area contributed by atoms with Crippen molar-refractivity contribution in [1.82, 2.24) is 0 Å². The zero-order valence-electron chi connectivity index (χ0n) is 15.2. The molecule has 1 aliphatic heterocycles. The maximum Gasteiger partial charge on any atom is 0.240 e. The number of rotatable bonds is 1. The Bertz CT molecular complexity index is 1180. The molecule has 0 radical (unpaired) electrons.